The zero-order chi connectivity index (χ0) is 12.0. The molecule has 0 amide bonds. The van der Waals surface area contributed by atoms with E-state index in [-0.39, 0.29) is 0 Å². The molecule has 1 N–H and O–H groups in total. The van der Waals surface area contributed by atoms with Crippen LogP contribution < -0.4 is 0 Å². The largest absolute Gasteiger partial charge is 0.481 e. The van der Waals surface area contributed by atoms with E-state index in [1.165, 1.54) is 13.8 Å². The molecule has 15 heavy (non-hydrogen) atoms. The van der Waals surface area contributed by atoms with Gasteiger partial charge in [-0.2, -0.15) is 13.2 Å². The molecule has 0 saturated heterocycles. The molecule has 0 spiro atoms. The summed E-state index contributed by atoms with van der Waals surface area (Å²) in [6.45, 7) is 2.99. The highest BCUT2D eigenvalue weighted by molar-refractivity contribution is 5.76. The number of hydrogen-bond acceptors (Lipinski definition) is 1. The van der Waals surface area contributed by atoms with E-state index >= 15 is 0 Å². The maximum atomic E-state index is 12.5. The summed E-state index contributed by atoms with van der Waals surface area (Å²) in [6, 6.07) is 0. The van der Waals surface area contributed by atoms with E-state index in [0.29, 0.717) is 6.08 Å². The van der Waals surface area contributed by atoms with Crippen molar-refractivity contribution in [2.45, 2.75) is 20.0 Å². The van der Waals surface area contributed by atoms with Crippen molar-refractivity contribution >= 4 is 5.97 Å². The lowest BCUT2D eigenvalue weighted by molar-refractivity contribution is -0.139. The molecule has 1 rings (SSSR count). The van der Waals surface area contributed by atoms with Crippen LogP contribution >= 0.6 is 0 Å². The fourth-order valence-corrected chi connectivity index (χ4v) is 1.71. The number of carboxylic acids is 1. The molecule has 0 unspecified atom stereocenters. The predicted molar refractivity (Wildman–Crippen MR) is 43.6 cm³/mol. The molecule has 6 heteroatoms. The van der Waals surface area contributed by atoms with Crippen molar-refractivity contribution < 1.29 is 27.5 Å². The van der Waals surface area contributed by atoms with Gasteiger partial charge in [0, 0.05) is 0 Å². The maximum Gasteiger partial charge on any atom is 0.442 e. The summed E-state index contributed by atoms with van der Waals surface area (Å²) in [6.07, 6.45) is -4.67. The Morgan fingerprint density at radius 3 is 2.13 bits per heavy atom. The Labute approximate surface area is 83.6 Å². The van der Waals surface area contributed by atoms with Crippen LogP contribution in [0.1, 0.15) is 13.8 Å². The fourth-order valence-electron chi connectivity index (χ4n) is 1.71. The van der Waals surface area contributed by atoms with Gasteiger partial charge in [0.25, 0.3) is 0 Å². The van der Waals surface area contributed by atoms with Crippen molar-refractivity contribution in [2.75, 3.05) is 0 Å². The third kappa shape index (κ3) is 2.13. The topological polar surface area (TPSA) is 37.3 Å². The van der Waals surface area contributed by atoms with Gasteiger partial charge in [-0.05, 0) is 17.4 Å². The lowest BCUT2D eigenvalue weighted by Gasteiger charge is -2.02. The van der Waals surface area contributed by atoms with Crippen LogP contribution in [0.15, 0.2) is 11.9 Å². The number of carbonyl (C=O) groups is 1. The Hall–Kier alpha value is -1.07. The monoisotopic (exact) mass is 226 g/mol. The average Bonchev–Trinajstić information content (AvgIpc) is 2.50. The zero-order valence-corrected chi connectivity index (χ0v) is 8.10. The molecule has 0 radical (unpaired) electrons. The molecule has 1 aliphatic carbocycles. The molecule has 86 valence electrons. The number of aliphatic carboxylic acids is 1. The zero-order valence-electron chi connectivity index (χ0n) is 8.10. The minimum absolute atomic E-state index is 0.360. The number of allylic oxidation sites excluding steroid dienone is 2. The van der Waals surface area contributed by atoms with E-state index in [4.69, 9.17) is 5.11 Å². The third-order valence-corrected chi connectivity index (χ3v) is 2.77. The van der Waals surface area contributed by atoms with Crippen LogP contribution in [0.5, 0.6) is 0 Å². The lowest BCUT2D eigenvalue weighted by atomic mass is 10.1. The Bertz CT molecular complexity index is 317. The highest BCUT2D eigenvalue weighted by Crippen LogP contribution is 2.59. The maximum absolute atomic E-state index is 12.5. The van der Waals surface area contributed by atoms with Crippen LogP contribution in [-0.4, -0.2) is 17.3 Å². The van der Waals surface area contributed by atoms with Gasteiger partial charge in [0.15, 0.2) is 5.83 Å². The number of halogens is 4. The van der Waals surface area contributed by atoms with Gasteiger partial charge in [0.05, 0.1) is 5.92 Å². The smallest absolute Gasteiger partial charge is 0.442 e. The third-order valence-electron chi connectivity index (χ3n) is 2.77. The van der Waals surface area contributed by atoms with Crippen molar-refractivity contribution in [2.24, 2.45) is 17.3 Å². The molecule has 1 aliphatic rings. The molecular weight excluding hydrogens is 216 g/mol. The van der Waals surface area contributed by atoms with Crippen molar-refractivity contribution in [1.82, 2.24) is 0 Å². The Morgan fingerprint density at radius 2 is 1.87 bits per heavy atom. The summed E-state index contributed by atoms with van der Waals surface area (Å²) in [5.41, 5.74) is -0.811. The van der Waals surface area contributed by atoms with E-state index in [9.17, 15) is 22.4 Å². The Kier molecular flexibility index (Phi) is 2.57. The predicted octanol–water partition coefficient (Wildman–Crippen LogP) is 2.76. The summed E-state index contributed by atoms with van der Waals surface area (Å²) in [5.74, 6) is -5.25. The van der Waals surface area contributed by atoms with Crippen LogP contribution in [0.25, 0.3) is 0 Å². The average molecular weight is 226 g/mol. The van der Waals surface area contributed by atoms with Crippen molar-refractivity contribution in [3.05, 3.63) is 11.9 Å². The molecule has 0 aromatic rings. The van der Waals surface area contributed by atoms with Gasteiger partial charge in [-0.25, -0.2) is 4.39 Å². The second kappa shape index (κ2) is 3.21. The normalized spacial score (nSPS) is 30.1. The van der Waals surface area contributed by atoms with Gasteiger partial charge < -0.3 is 5.11 Å². The van der Waals surface area contributed by atoms with Crippen LogP contribution in [0, 0.1) is 17.3 Å². The fraction of sp³-hybridized carbons (Fsp3) is 0.667. The minimum Gasteiger partial charge on any atom is -0.481 e. The highest BCUT2D eigenvalue weighted by atomic mass is 19.4. The molecule has 2 nitrogen and oxygen atoms in total. The number of rotatable bonds is 2. The molecule has 0 aromatic heterocycles. The minimum atomic E-state index is -5.03. The van der Waals surface area contributed by atoms with Gasteiger partial charge in [0.2, 0.25) is 0 Å². The van der Waals surface area contributed by atoms with Gasteiger partial charge in [-0.15, -0.1) is 0 Å². The first-order chi connectivity index (χ1) is 6.58. The van der Waals surface area contributed by atoms with Crippen LogP contribution in [0.3, 0.4) is 0 Å². The first-order valence-corrected chi connectivity index (χ1v) is 4.26. The van der Waals surface area contributed by atoms with Crippen molar-refractivity contribution in [3.63, 3.8) is 0 Å². The molecular formula is C9H10F4O2. The summed E-state index contributed by atoms with van der Waals surface area (Å²) < 4.78 is 48.0. The standard InChI is InChI=1S/C9H10F4O2/c1-8(2)4(6(8)7(14)15)3-5(10)9(11,12)13/h3-4,6H,1-2H3,(H,14,15)/b5-3-/t4-,6+/m1/s1. The second-order valence-corrected chi connectivity index (χ2v) is 4.18. The quantitative estimate of drug-likeness (QED) is 0.735. The van der Waals surface area contributed by atoms with Crippen molar-refractivity contribution in [1.29, 1.82) is 0 Å². The van der Waals surface area contributed by atoms with Crippen molar-refractivity contribution in [3.8, 4) is 0 Å². The van der Waals surface area contributed by atoms with Gasteiger partial charge in [-0.1, -0.05) is 13.8 Å². The Balaban J connectivity index is 2.83. The number of alkyl halides is 3. The van der Waals surface area contributed by atoms with Crippen LogP contribution in [0.4, 0.5) is 17.6 Å². The van der Waals surface area contributed by atoms with E-state index in [2.05, 4.69) is 0 Å². The molecule has 2 atom stereocenters. The first kappa shape index (κ1) is 12.0. The lowest BCUT2D eigenvalue weighted by Crippen LogP contribution is -2.08. The van der Waals surface area contributed by atoms with E-state index in [1.807, 2.05) is 0 Å². The summed E-state index contributed by atoms with van der Waals surface area (Å²) >= 11 is 0. The van der Waals surface area contributed by atoms with Gasteiger partial charge in [0.1, 0.15) is 0 Å². The number of hydrogen-bond donors (Lipinski definition) is 1. The van der Waals surface area contributed by atoms with E-state index < -0.39 is 35.2 Å². The van der Waals surface area contributed by atoms with E-state index in [0.717, 1.165) is 0 Å². The summed E-state index contributed by atoms with van der Waals surface area (Å²) in [7, 11) is 0. The van der Waals surface area contributed by atoms with Crippen LogP contribution in [-0.2, 0) is 4.79 Å². The first-order valence-electron chi connectivity index (χ1n) is 4.26. The van der Waals surface area contributed by atoms with Gasteiger partial charge >= 0.3 is 12.1 Å². The highest BCUT2D eigenvalue weighted by Gasteiger charge is 2.61. The molecule has 0 aromatic carbocycles. The molecule has 1 saturated carbocycles. The summed E-state index contributed by atoms with van der Waals surface area (Å²) in [5, 5.41) is 8.64. The Morgan fingerprint density at radius 1 is 1.40 bits per heavy atom. The van der Waals surface area contributed by atoms with Gasteiger partial charge in [-0.3, -0.25) is 4.79 Å². The molecule has 1 fully saturated rings. The van der Waals surface area contributed by atoms with E-state index in [1.54, 1.807) is 0 Å². The second-order valence-electron chi connectivity index (χ2n) is 4.18. The molecule has 0 bridgehead atoms. The van der Waals surface area contributed by atoms with Crippen LogP contribution in [0.2, 0.25) is 0 Å². The number of carboxylic acid groups (broad SMARTS) is 1. The summed E-state index contributed by atoms with van der Waals surface area (Å²) in [4.78, 5) is 10.6. The molecule has 0 aliphatic heterocycles. The SMILES string of the molecule is CC1(C)[C@H](/C=C(\F)C(F)(F)F)[C@H]1C(=O)O. The molecule has 0 heterocycles.